The Balaban J connectivity index is 1.57. The number of benzene rings is 1. The number of aliphatic hydroxyl groups excluding tert-OH is 1. The zero-order valence-electron chi connectivity index (χ0n) is 16.9. The van der Waals surface area contributed by atoms with Gasteiger partial charge in [-0.05, 0) is 43.1 Å². The zero-order valence-corrected chi connectivity index (χ0v) is 16.9. The highest BCUT2D eigenvalue weighted by molar-refractivity contribution is 6.03. The number of carbonyl (C=O) groups is 2. The van der Waals surface area contributed by atoms with Gasteiger partial charge < -0.3 is 21.5 Å². The lowest BCUT2D eigenvalue weighted by Crippen LogP contribution is -2.42. The van der Waals surface area contributed by atoms with E-state index < -0.39 is 5.91 Å². The first-order valence-electron chi connectivity index (χ1n) is 9.97. The van der Waals surface area contributed by atoms with E-state index in [9.17, 15) is 14.7 Å². The Morgan fingerprint density at radius 2 is 2.00 bits per heavy atom. The summed E-state index contributed by atoms with van der Waals surface area (Å²) in [6.45, 7) is 3.00. The van der Waals surface area contributed by atoms with Gasteiger partial charge in [0, 0.05) is 18.7 Å². The Hall–Kier alpha value is -3.31. The third-order valence-electron chi connectivity index (χ3n) is 6.24. The van der Waals surface area contributed by atoms with Crippen molar-refractivity contribution in [3.63, 3.8) is 0 Å². The molecule has 1 saturated carbocycles. The Morgan fingerprint density at radius 1 is 1.30 bits per heavy atom. The number of aliphatic hydroxyl groups is 1. The fraction of sp³-hybridized carbons (Fsp3) is 0.409. The second kappa shape index (κ2) is 7.50. The number of hydrogen-bond acceptors (Lipinski definition) is 5. The molecule has 8 nitrogen and oxygen atoms in total. The van der Waals surface area contributed by atoms with E-state index in [1.807, 2.05) is 4.90 Å². The molecule has 1 saturated heterocycles. The number of aromatic nitrogens is 2. The average Bonchev–Trinajstić information content (AvgIpc) is 3.29. The molecule has 156 valence electrons. The molecule has 2 aliphatic rings. The molecule has 1 aromatic carbocycles. The summed E-state index contributed by atoms with van der Waals surface area (Å²) >= 11 is 0. The number of nitrogens with zero attached hydrogens (tertiary/aromatic N) is 3. The van der Waals surface area contributed by atoms with Crippen LogP contribution < -0.4 is 11.5 Å². The molecule has 2 aromatic rings. The van der Waals surface area contributed by atoms with Crippen LogP contribution in [0.25, 0.3) is 11.3 Å². The van der Waals surface area contributed by atoms with Gasteiger partial charge in [0.1, 0.15) is 17.1 Å². The number of nitrogen functional groups attached to an aromatic ring is 1. The number of rotatable bonds is 4. The second-order valence-corrected chi connectivity index (χ2v) is 8.19. The first-order valence-corrected chi connectivity index (χ1v) is 9.97. The van der Waals surface area contributed by atoms with Crippen molar-refractivity contribution in [2.75, 3.05) is 18.8 Å². The molecular formula is C22H25N5O3. The number of hydrogen-bond donors (Lipinski definition) is 3. The van der Waals surface area contributed by atoms with Crippen LogP contribution >= 0.6 is 0 Å². The minimum Gasteiger partial charge on any atom is -0.392 e. The fourth-order valence-corrected chi connectivity index (χ4v) is 4.68. The lowest BCUT2D eigenvalue weighted by atomic mass is 9.65. The molecule has 5 N–H and O–H groups in total. The van der Waals surface area contributed by atoms with Crippen molar-refractivity contribution in [2.45, 2.75) is 38.8 Å². The molecule has 0 unspecified atom stereocenters. The Kier molecular flexibility index (Phi) is 5.00. The Morgan fingerprint density at radius 3 is 2.60 bits per heavy atom. The van der Waals surface area contributed by atoms with E-state index in [0.717, 1.165) is 30.4 Å². The molecule has 0 atom stereocenters. The fourth-order valence-electron chi connectivity index (χ4n) is 4.68. The standard InChI is InChI=1S/C22H25N5O3/c1-2-3-17(29)26-9-8-22(13-26)10-16(11-22)27-20(23)18(21(24)30)19(25-27)15-6-4-14(12-28)5-7-15/h4-7,16,28H,8-13,23H2,1H3,(H2,24,30). The van der Waals surface area contributed by atoms with Crippen molar-refractivity contribution in [3.05, 3.63) is 35.4 Å². The van der Waals surface area contributed by atoms with Gasteiger partial charge in [-0.15, -0.1) is 0 Å². The quantitative estimate of drug-likeness (QED) is 0.658. The lowest BCUT2D eigenvalue weighted by Gasteiger charge is -2.45. The third kappa shape index (κ3) is 3.31. The van der Waals surface area contributed by atoms with Gasteiger partial charge in [-0.1, -0.05) is 30.2 Å². The minimum absolute atomic E-state index is 0.0564. The van der Waals surface area contributed by atoms with E-state index in [4.69, 9.17) is 11.5 Å². The molecule has 4 rings (SSSR count). The maximum absolute atomic E-state index is 12.1. The molecule has 30 heavy (non-hydrogen) atoms. The molecule has 2 amide bonds. The van der Waals surface area contributed by atoms with Crippen LogP contribution in [0.3, 0.4) is 0 Å². The zero-order chi connectivity index (χ0) is 21.5. The van der Waals surface area contributed by atoms with Gasteiger partial charge in [-0.25, -0.2) is 4.68 Å². The molecule has 2 fully saturated rings. The Bertz CT molecular complexity index is 1050. The van der Waals surface area contributed by atoms with Crippen LogP contribution in [0.15, 0.2) is 24.3 Å². The van der Waals surface area contributed by atoms with Crippen LogP contribution in [0.2, 0.25) is 0 Å². The average molecular weight is 407 g/mol. The van der Waals surface area contributed by atoms with Gasteiger partial charge in [-0.3, -0.25) is 9.59 Å². The van der Waals surface area contributed by atoms with Crippen LogP contribution in [0.5, 0.6) is 0 Å². The third-order valence-corrected chi connectivity index (χ3v) is 6.24. The minimum atomic E-state index is -0.621. The highest BCUT2D eigenvalue weighted by Crippen LogP contribution is 2.54. The summed E-state index contributed by atoms with van der Waals surface area (Å²) in [7, 11) is 0. The van der Waals surface area contributed by atoms with Gasteiger partial charge in [0.15, 0.2) is 0 Å². The molecule has 0 radical (unpaired) electrons. The molecule has 2 heterocycles. The summed E-state index contributed by atoms with van der Waals surface area (Å²) < 4.78 is 1.71. The molecule has 1 aliphatic heterocycles. The van der Waals surface area contributed by atoms with Crippen LogP contribution in [0.4, 0.5) is 5.82 Å². The van der Waals surface area contributed by atoms with Gasteiger partial charge in [-0.2, -0.15) is 5.10 Å². The first-order chi connectivity index (χ1) is 14.4. The van der Waals surface area contributed by atoms with Gasteiger partial charge >= 0.3 is 0 Å². The van der Waals surface area contributed by atoms with Crippen molar-refractivity contribution in [2.24, 2.45) is 11.1 Å². The van der Waals surface area contributed by atoms with Crippen molar-refractivity contribution in [3.8, 4) is 23.1 Å². The number of primary amides is 1. The van der Waals surface area contributed by atoms with Crippen LogP contribution in [0.1, 0.15) is 48.1 Å². The van der Waals surface area contributed by atoms with Crippen molar-refractivity contribution in [1.82, 2.24) is 14.7 Å². The summed E-state index contributed by atoms with van der Waals surface area (Å²) in [5.41, 5.74) is 14.1. The number of anilines is 1. The maximum Gasteiger partial charge on any atom is 0.298 e. The van der Waals surface area contributed by atoms with Gasteiger partial charge in [0.25, 0.3) is 11.8 Å². The molecule has 1 spiro atoms. The van der Waals surface area contributed by atoms with E-state index in [2.05, 4.69) is 16.9 Å². The van der Waals surface area contributed by atoms with Crippen LogP contribution in [-0.2, 0) is 11.4 Å². The number of likely N-dealkylation sites (tertiary alicyclic amines) is 1. The molecule has 1 aromatic heterocycles. The summed E-state index contributed by atoms with van der Waals surface area (Å²) in [5, 5.41) is 13.9. The van der Waals surface area contributed by atoms with Crippen molar-refractivity contribution in [1.29, 1.82) is 0 Å². The predicted molar refractivity (Wildman–Crippen MR) is 112 cm³/mol. The van der Waals surface area contributed by atoms with Crippen molar-refractivity contribution < 1.29 is 14.7 Å². The highest BCUT2D eigenvalue weighted by Gasteiger charge is 2.51. The number of amides is 2. The number of carbonyl (C=O) groups excluding carboxylic acids is 2. The number of nitrogens with two attached hydrogens (primary N) is 2. The van der Waals surface area contributed by atoms with Gasteiger partial charge in [0.2, 0.25) is 0 Å². The van der Waals surface area contributed by atoms with E-state index in [-0.39, 0.29) is 35.4 Å². The second-order valence-electron chi connectivity index (χ2n) is 8.19. The van der Waals surface area contributed by atoms with Crippen molar-refractivity contribution >= 4 is 17.6 Å². The monoisotopic (exact) mass is 407 g/mol. The SMILES string of the molecule is CC#CC(=O)N1CCC2(CC(n3nc(-c4ccc(CO)cc4)c(C(N)=O)c3N)C2)C1. The predicted octanol–water partition coefficient (Wildman–Crippen LogP) is 1.30. The summed E-state index contributed by atoms with van der Waals surface area (Å²) in [6.07, 6.45) is 2.60. The van der Waals surface area contributed by atoms with Crippen LogP contribution in [0, 0.1) is 17.3 Å². The molecule has 1 aliphatic carbocycles. The summed E-state index contributed by atoms with van der Waals surface area (Å²) in [4.78, 5) is 26.0. The molecular weight excluding hydrogens is 382 g/mol. The molecule has 8 heteroatoms. The smallest absolute Gasteiger partial charge is 0.298 e. The largest absolute Gasteiger partial charge is 0.392 e. The topological polar surface area (TPSA) is 127 Å². The molecule has 0 bridgehead atoms. The maximum atomic E-state index is 12.1. The van der Waals surface area contributed by atoms with Crippen LogP contribution in [-0.4, -0.2) is 44.7 Å². The van der Waals surface area contributed by atoms with E-state index >= 15 is 0 Å². The summed E-state index contributed by atoms with van der Waals surface area (Å²) in [6, 6.07) is 7.19. The van der Waals surface area contributed by atoms with E-state index in [1.165, 1.54) is 0 Å². The summed E-state index contributed by atoms with van der Waals surface area (Å²) in [5.74, 6) is 4.80. The lowest BCUT2D eigenvalue weighted by molar-refractivity contribution is -0.125. The highest BCUT2D eigenvalue weighted by atomic mass is 16.3. The van der Waals surface area contributed by atoms with Gasteiger partial charge in [0.05, 0.1) is 12.6 Å². The van der Waals surface area contributed by atoms with E-state index in [0.29, 0.717) is 18.8 Å². The Labute approximate surface area is 174 Å². The first kappa shape index (κ1) is 20.0. The normalized spacial score (nSPS) is 22.5. The van der Waals surface area contributed by atoms with E-state index in [1.54, 1.807) is 35.9 Å².